The number of hydrogen-bond donors (Lipinski definition) is 0. The predicted molar refractivity (Wildman–Crippen MR) is 264 cm³/mol. The van der Waals surface area contributed by atoms with Crippen LogP contribution < -0.4 is 0 Å². The Bertz CT molecular complexity index is 3460. The quantitative estimate of drug-likeness (QED) is 0.112. The van der Waals surface area contributed by atoms with E-state index >= 15 is 0 Å². The zero-order valence-corrected chi connectivity index (χ0v) is 40.7. The predicted octanol–water partition coefficient (Wildman–Crippen LogP) is 16.8. The minimum atomic E-state index is -4.42. The Labute approximate surface area is 412 Å². The van der Waals surface area contributed by atoms with Crippen LogP contribution in [0, 0.1) is 24.8 Å². The monoisotopic (exact) mass is 1090 g/mol. The number of imidazole rings is 1. The van der Waals surface area contributed by atoms with E-state index in [0.29, 0.717) is 33.8 Å². The summed E-state index contributed by atoms with van der Waals surface area (Å²) in [6.45, 7) is 9.11. The first-order chi connectivity index (χ1) is 33.3. The van der Waals surface area contributed by atoms with Crippen molar-refractivity contribution >= 4 is 33.0 Å². The molecule has 9 heteroatoms. The van der Waals surface area contributed by atoms with Crippen molar-refractivity contribution in [2.24, 2.45) is 0 Å². The average molecular weight is 1090 g/mol. The maximum atomic E-state index is 14.0. The van der Waals surface area contributed by atoms with Gasteiger partial charge in [0.05, 0.1) is 27.9 Å². The number of hydrogen-bond acceptors (Lipinski definition) is 3. The molecule has 0 spiro atoms. The zero-order valence-electron chi connectivity index (χ0n) is 41.3. The number of fused-ring (bicyclic) bond motifs is 4. The second kappa shape index (κ2) is 19.1. The van der Waals surface area contributed by atoms with E-state index in [1.807, 2.05) is 36.4 Å². The molecular formula is C59H49F4IrN3O-2. The van der Waals surface area contributed by atoms with Crippen molar-refractivity contribution in [2.75, 3.05) is 0 Å². The molecule has 68 heavy (non-hydrogen) atoms. The largest absolute Gasteiger partial charge is 0.501 e. The molecule has 3 heterocycles. The molecular weight excluding hydrogens is 1030 g/mol. The molecule has 0 fully saturated rings. The van der Waals surface area contributed by atoms with Crippen LogP contribution >= 0.6 is 0 Å². The van der Waals surface area contributed by atoms with Gasteiger partial charge in [0.1, 0.15) is 5.58 Å². The molecule has 0 bridgehead atoms. The number of furan rings is 1. The third-order valence-electron chi connectivity index (χ3n) is 12.4. The van der Waals surface area contributed by atoms with E-state index in [1.54, 1.807) is 24.3 Å². The summed E-state index contributed by atoms with van der Waals surface area (Å²) in [6.07, 6.45) is -3.11. The summed E-state index contributed by atoms with van der Waals surface area (Å²) < 4.78 is 85.2. The molecule has 3 aromatic heterocycles. The van der Waals surface area contributed by atoms with Crippen LogP contribution in [0.5, 0.6) is 0 Å². The Morgan fingerprint density at radius 1 is 0.691 bits per heavy atom. The van der Waals surface area contributed by atoms with Gasteiger partial charge in [0.2, 0.25) is 0 Å². The van der Waals surface area contributed by atoms with Crippen molar-refractivity contribution in [3.8, 4) is 50.6 Å². The maximum absolute atomic E-state index is 14.0. The van der Waals surface area contributed by atoms with Crippen LogP contribution in [-0.2, 0) is 25.5 Å². The van der Waals surface area contributed by atoms with E-state index in [2.05, 4.69) is 116 Å². The van der Waals surface area contributed by atoms with E-state index in [1.165, 1.54) is 66.6 Å². The molecule has 0 saturated carbocycles. The fourth-order valence-corrected chi connectivity index (χ4v) is 8.47. The minimum Gasteiger partial charge on any atom is -0.501 e. The molecule has 0 unspecified atom stereocenters. The van der Waals surface area contributed by atoms with Crippen LogP contribution in [-0.4, -0.2) is 20.7 Å². The second-order valence-electron chi connectivity index (χ2n) is 17.9. The average Bonchev–Trinajstić information content (AvgIpc) is 3.92. The smallest absolute Gasteiger partial charge is 0.397 e. The molecule has 7 aromatic carbocycles. The molecule has 10 rings (SSSR count). The summed E-state index contributed by atoms with van der Waals surface area (Å²) in [5.41, 5.74) is 10.9. The number of aryl methyl sites for hydroxylation is 1. The fourth-order valence-electron chi connectivity index (χ4n) is 8.47. The topological polar surface area (TPSA) is 43.9 Å². The Hall–Kier alpha value is -6.67. The van der Waals surface area contributed by atoms with Crippen LogP contribution in [0.4, 0.5) is 17.6 Å². The van der Waals surface area contributed by atoms with Crippen molar-refractivity contribution in [3.63, 3.8) is 0 Å². The van der Waals surface area contributed by atoms with Gasteiger partial charge in [-0.05, 0) is 113 Å². The Morgan fingerprint density at radius 2 is 1.35 bits per heavy atom. The van der Waals surface area contributed by atoms with Gasteiger partial charge in [-0.15, -0.1) is 48.0 Å². The molecule has 0 saturated heterocycles. The van der Waals surface area contributed by atoms with Crippen LogP contribution in [0.15, 0.2) is 162 Å². The maximum Gasteiger partial charge on any atom is 0.397 e. The first-order valence-electron chi connectivity index (χ1n) is 23.7. The summed E-state index contributed by atoms with van der Waals surface area (Å²) in [5.74, 6) is 0.631. The van der Waals surface area contributed by atoms with Gasteiger partial charge in [-0.25, -0.2) is 0 Å². The molecule has 10 aromatic rings. The van der Waals surface area contributed by atoms with Crippen molar-refractivity contribution < 1.29 is 46.2 Å². The van der Waals surface area contributed by atoms with E-state index in [0.717, 1.165) is 38.6 Å². The van der Waals surface area contributed by atoms with Gasteiger partial charge in [0.25, 0.3) is 0 Å². The number of alkyl halides is 3. The van der Waals surface area contributed by atoms with E-state index in [4.69, 9.17) is 13.5 Å². The van der Waals surface area contributed by atoms with Crippen LogP contribution in [0.1, 0.15) is 79.7 Å². The van der Waals surface area contributed by atoms with Gasteiger partial charge >= 0.3 is 6.18 Å². The van der Waals surface area contributed by atoms with Gasteiger partial charge < -0.3 is 14.0 Å². The summed E-state index contributed by atoms with van der Waals surface area (Å²) in [5, 5.41) is 1.54. The summed E-state index contributed by atoms with van der Waals surface area (Å²) in [6, 6.07) is 53.7. The molecule has 0 N–H and O–H groups in total. The first-order valence-corrected chi connectivity index (χ1v) is 22.2. The molecule has 0 atom stereocenters. The molecule has 0 aliphatic carbocycles. The molecule has 1 radical (unpaired) electrons. The molecule has 0 aliphatic heterocycles. The van der Waals surface area contributed by atoms with E-state index < -0.39 is 18.4 Å². The van der Waals surface area contributed by atoms with Gasteiger partial charge in [-0.2, -0.15) is 13.2 Å². The minimum absolute atomic E-state index is 0. The number of pyridine rings is 1. The van der Waals surface area contributed by atoms with E-state index in [-0.39, 0.29) is 48.9 Å². The van der Waals surface area contributed by atoms with E-state index in [9.17, 15) is 17.6 Å². The first kappa shape index (κ1) is 43.9. The van der Waals surface area contributed by atoms with Gasteiger partial charge in [-0.3, -0.25) is 9.37 Å². The second-order valence-corrected chi connectivity index (χ2v) is 17.9. The molecule has 0 aliphatic rings. The van der Waals surface area contributed by atoms with Gasteiger partial charge in [-0.1, -0.05) is 130 Å². The van der Waals surface area contributed by atoms with Crippen molar-refractivity contribution in [1.29, 1.82) is 0 Å². The number of para-hydroxylation sites is 2. The van der Waals surface area contributed by atoms with Crippen LogP contribution in [0.3, 0.4) is 0 Å². The third kappa shape index (κ3) is 9.17. The zero-order chi connectivity index (χ0) is 49.7. The Balaban J connectivity index is 0.000000318. The summed E-state index contributed by atoms with van der Waals surface area (Å²) in [4.78, 5) is 9.24. The standard InChI is InChI=1S/C47H40F3N2O.C12H9FN.Ir/c1-28(2)38-25-33(32-21-19-31(20-22-32)30-13-8-7-9-14-30)26-39(29(3)4)43(38)52-41-18-11-10-17-40(41)51-45(52)37-16-12-15-36-35-24-23-34(27-42(35)53-44(36)37)46(5,6)47(48,49)50;1-9-2-7-12(14-8-9)10-3-5-11(13)6-4-10;/h7-15,17-29H,1-6H3;2-3,5-8H,1H3;/q2*-1;/i;1D3;. The van der Waals surface area contributed by atoms with Crippen LogP contribution in [0.25, 0.3) is 83.6 Å². The SMILES string of the molecule is CC(C)c1cc(-c2ccc(-c3ccccc3)cc2)cc(C(C)C)c1-n1c(-c2[c-]ccc3c2oc2cc(C(C)(C)C(F)(F)F)ccc23)nc2ccccc21.[2H]C([2H])([2H])c1ccc(-c2[c-]cc(F)cc2)nc1.[Ir]. The van der Waals surface area contributed by atoms with Crippen molar-refractivity contribution in [2.45, 2.75) is 71.8 Å². The molecule has 345 valence electrons. The number of benzene rings is 7. The summed E-state index contributed by atoms with van der Waals surface area (Å²) >= 11 is 0. The number of rotatable bonds is 8. The molecule has 4 nitrogen and oxygen atoms in total. The van der Waals surface area contributed by atoms with Gasteiger partial charge in [0, 0.05) is 47.3 Å². The van der Waals surface area contributed by atoms with Crippen LogP contribution in [0.2, 0.25) is 0 Å². The normalized spacial score (nSPS) is 12.7. The Kier molecular flexibility index (Phi) is 12.3. The Morgan fingerprint density at radius 3 is 1.97 bits per heavy atom. The summed E-state index contributed by atoms with van der Waals surface area (Å²) in [7, 11) is 0. The van der Waals surface area contributed by atoms with Gasteiger partial charge in [0.15, 0.2) is 0 Å². The van der Waals surface area contributed by atoms with Crippen molar-refractivity contribution in [1.82, 2.24) is 14.5 Å². The fraction of sp³-hybridized carbons (Fsp3) is 0.186. The van der Waals surface area contributed by atoms with Crippen molar-refractivity contribution in [3.05, 3.63) is 198 Å². The number of aromatic nitrogens is 3. The number of halogens is 4. The third-order valence-corrected chi connectivity index (χ3v) is 12.4. The molecule has 0 amide bonds. The number of nitrogens with zero attached hydrogens (tertiary/aromatic N) is 3.